The Kier molecular flexibility index (Phi) is 5.49. The van der Waals surface area contributed by atoms with Crippen LogP contribution < -0.4 is 10.2 Å². The number of hydrogen-bond donors (Lipinski definition) is 1. The summed E-state index contributed by atoms with van der Waals surface area (Å²) in [5, 5.41) is 5.40. The minimum Gasteiger partial charge on any atom is -0.348 e. The van der Waals surface area contributed by atoms with Crippen LogP contribution in [0, 0.1) is 0 Å². The van der Waals surface area contributed by atoms with E-state index < -0.39 is 0 Å². The molecule has 5 heteroatoms. The van der Waals surface area contributed by atoms with Crippen molar-refractivity contribution in [2.75, 3.05) is 11.4 Å². The van der Waals surface area contributed by atoms with Crippen molar-refractivity contribution in [3.05, 3.63) is 40.5 Å². The van der Waals surface area contributed by atoms with Crippen LogP contribution in [0.25, 0.3) is 0 Å². The highest BCUT2D eigenvalue weighted by Gasteiger charge is 2.14. The van der Waals surface area contributed by atoms with Crippen molar-refractivity contribution in [1.82, 2.24) is 15.3 Å². The van der Waals surface area contributed by atoms with Gasteiger partial charge in [-0.25, -0.2) is 4.98 Å². The highest BCUT2D eigenvalue weighted by molar-refractivity contribution is 7.09. The lowest BCUT2D eigenvalue weighted by Gasteiger charge is -2.27. The molecule has 1 N–H and O–H groups in total. The molecule has 2 aromatic rings. The standard InChI is InChI=1S/C15H22N4S/c1-4-16-8-13-9-17-10-15(18-13)19(12(2)3)11-14-6-5-7-20-14/h5-7,9-10,12,16H,4,8,11H2,1-3H3. The summed E-state index contributed by atoms with van der Waals surface area (Å²) < 4.78 is 0. The summed E-state index contributed by atoms with van der Waals surface area (Å²) in [5.74, 6) is 0.948. The van der Waals surface area contributed by atoms with Gasteiger partial charge < -0.3 is 10.2 Å². The van der Waals surface area contributed by atoms with Crippen molar-refractivity contribution in [2.45, 2.75) is 39.9 Å². The highest BCUT2D eigenvalue weighted by atomic mass is 32.1. The molecule has 0 spiro atoms. The summed E-state index contributed by atoms with van der Waals surface area (Å²) in [6.45, 7) is 9.05. The van der Waals surface area contributed by atoms with Gasteiger partial charge in [-0.3, -0.25) is 4.98 Å². The van der Waals surface area contributed by atoms with Crippen LogP contribution in [0.2, 0.25) is 0 Å². The van der Waals surface area contributed by atoms with Gasteiger partial charge in [-0.05, 0) is 31.8 Å². The van der Waals surface area contributed by atoms with Crippen LogP contribution in [-0.2, 0) is 13.1 Å². The maximum Gasteiger partial charge on any atom is 0.148 e. The number of nitrogens with one attached hydrogen (secondary N) is 1. The average Bonchev–Trinajstić information content (AvgIpc) is 2.95. The molecule has 2 rings (SSSR count). The summed E-state index contributed by atoms with van der Waals surface area (Å²) in [7, 11) is 0. The van der Waals surface area contributed by atoms with E-state index >= 15 is 0 Å². The molecule has 0 aliphatic rings. The quantitative estimate of drug-likeness (QED) is 0.851. The Morgan fingerprint density at radius 3 is 2.85 bits per heavy atom. The van der Waals surface area contributed by atoms with Crippen molar-refractivity contribution in [2.24, 2.45) is 0 Å². The van der Waals surface area contributed by atoms with Gasteiger partial charge in [-0.15, -0.1) is 11.3 Å². The summed E-state index contributed by atoms with van der Waals surface area (Å²) in [4.78, 5) is 12.7. The molecule has 0 saturated carbocycles. The second kappa shape index (κ2) is 7.36. The first-order valence-electron chi connectivity index (χ1n) is 7.01. The number of thiophene rings is 1. The number of nitrogens with zero attached hydrogens (tertiary/aromatic N) is 3. The molecule has 0 saturated heterocycles. The Balaban J connectivity index is 2.16. The van der Waals surface area contributed by atoms with E-state index in [4.69, 9.17) is 4.98 Å². The van der Waals surface area contributed by atoms with E-state index in [0.717, 1.165) is 31.1 Å². The van der Waals surface area contributed by atoms with Crippen LogP contribution in [0.4, 0.5) is 5.82 Å². The third kappa shape index (κ3) is 4.02. The molecule has 108 valence electrons. The fourth-order valence-electron chi connectivity index (χ4n) is 1.97. The number of anilines is 1. The van der Waals surface area contributed by atoms with Gasteiger partial charge in [0.2, 0.25) is 0 Å². The molecular formula is C15H22N4S. The van der Waals surface area contributed by atoms with E-state index in [0.29, 0.717) is 6.04 Å². The van der Waals surface area contributed by atoms with E-state index in [1.807, 2.05) is 12.4 Å². The van der Waals surface area contributed by atoms with Gasteiger partial charge in [0.1, 0.15) is 5.82 Å². The van der Waals surface area contributed by atoms with Crippen molar-refractivity contribution in [3.63, 3.8) is 0 Å². The molecule has 0 aliphatic heterocycles. The monoisotopic (exact) mass is 290 g/mol. The minimum absolute atomic E-state index is 0.390. The smallest absolute Gasteiger partial charge is 0.148 e. The fourth-order valence-corrected chi connectivity index (χ4v) is 2.67. The normalized spacial score (nSPS) is 11.0. The SMILES string of the molecule is CCNCc1cncc(N(Cc2cccs2)C(C)C)n1. The van der Waals surface area contributed by atoms with Crippen LogP contribution in [0.3, 0.4) is 0 Å². The van der Waals surface area contributed by atoms with Crippen LogP contribution in [0.15, 0.2) is 29.9 Å². The molecule has 2 aromatic heterocycles. The molecule has 0 atom stereocenters. The molecule has 0 aromatic carbocycles. The molecule has 0 bridgehead atoms. The maximum atomic E-state index is 4.72. The zero-order valence-corrected chi connectivity index (χ0v) is 13.2. The second-order valence-electron chi connectivity index (χ2n) is 4.95. The molecule has 0 amide bonds. The number of hydrogen-bond acceptors (Lipinski definition) is 5. The molecule has 2 heterocycles. The van der Waals surface area contributed by atoms with Crippen molar-refractivity contribution >= 4 is 17.2 Å². The van der Waals surface area contributed by atoms with Gasteiger partial charge in [0.05, 0.1) is 18.4 Å². The summed E-state index contributed by atoms with van der Waals surface area (Å²) >= 11 is 1.78. The Bertz CT molecular complexity index is 510. The fraction of sp³-hybridized carbons (Fsp3) is 0.467. The first kappa shape index (κ1) is 14.9. The van der Waals surface area contributed by atoms with E-state index in [-0.39, 0.29) is 0 Å². The zero-order valence-electron chi connectivity index (χ0n) is 12.3. The van der Waals surface area contributed by atoms with Gasteiger partial charge >= 0.3 is 0 Å². The lowest BCUT2D eigenvalue weighted by Crippen LogP contribution is -2.31. The Morgan fingerprint density at radius 1 is 1.35 bits per heavy atom. The number of rotatable bonds is 7. The first-order valence-corrected chi connectivity index (χ1v) is 7.89. The summed E-state index contributed by atoms with van der Waals surface area (Å²) in [6.07, 6.45) is 3.68. The van der Waals surface area contributed by atoms with Gasteiger partial charge in [0.15, 0.2) is 0 Å². The van der Waals surface area contributed by atoms with Crippen molar-refractivity contribution < 1.29 is 0 Å². The lowest BCUT2D eigenvalue weighted by molar-refractivity contribution is 0.662. The van der Waals surface area contributed by atoms with Gasteiger partial charge in [0, 0.05) is 23.7 Å². The van der Waals surface area contributed by atoms with Crippen molar-refractivity contribution in [1.29, 1.82) is 0 Å². The maximum absolute atomic E-state index is 4.72. The predicted molar refractivity (Wildman–Crippen MR) is 85.1 cm³/mol. The second-order valence-corrected chi connectivity index (χ2v) is 5.98. The van der Waals surface area contributed by atoms with E-state index in [9.17, 15) is 0 Å². The first-order chi connectivity index (χ1) is 9.70. The minimum atomic E-state index is 0.390. The Labute approximate surface area is 124 Å². The molecule has 0 unspecified atom stereocenters. The van der Waals surface area contributed by atoms with E-state index in [2.05, 4.69) is 53.5 Å². The molecule has 0 radical (unpaired) electrons. The average molecular weight is 290 g/mol. The molecule has 0 aliphatic carbocycles. The van der Waals surface area contributed by atoms with E-state index in [1.54, 1.807) is 11.3 Å². The summed E-state index contributed by atoms with van der Waals surface area (Å²) in [5.41, 5.74) is 0.987. The highest BCUT2D eigenvalue weighted by Crippen LogP contribution is 2.19. The predicted octanol–water partition coefficient (Wildman–Crippen LogP) is 3.06. The Morgan fingerprint density at radius 2 is 2.20 bits per heavy atom. The molecule has 0 fully saturated rings. The number of aromatic nitrogens is 2. The van der Waals surface area contributed by atoms with Crippen LogP contribution in [-0.4, -0.2) is 22.6 Å². The van der Waals surface area contributed by atoms with Gasteiger partial charge in [0.25, 0.3) is 0 Å². The third-order valence-corrected chi connectivity index (χ3v) is 3.91. The summed E-state index contributed by atoms with van der Waals surface area (Å²) in [6, 6.07) is 4.64. The van der Waals surface area contributed by atoms with E-state index in [1.165, 1.54) is 4.88 Å². The van der Waals surface area contributed by atoms with Crippen LogP contribution in [0.5, 0.6) is 0 Å². The lowest BCUT2D eigenvalue weighted by atomic mass is 10.3. The van der Waals surface area contributed by atoms with Crippen LogP contribution >= 0.6 is 11.3 Å². The Hall–Kier alpha value is -1.46. The third-order valence-electron chi connectivity index (χ3n) is 3.05. The molecule has 4 nitrogen and oxygen atoms in total. The van der Waals surface area contributed by atoms with Gasteiger partial charge in [-0.1, -0.05) is 13.0 Å². The molecular weight excluding hydrogens is 268 g/mol. The topological polar surface area (TPSA) is 41.1 Å². The largest absolute Gasteiger partial charge is 0.348 e. The zero-order chi connectivity index (χ0) is 14.4. The molecule has 20 heavy (non-hydrogen) atoms. The van der Waals surface area contributed by atoms with Crippen molar-refractivity contribution in [3.8, 4) is 0 Å². The van der Waals surface area contributed by atoms with Crippen LogP contribution in [0.1, 0.15) is 31.3 Å². The van der Waals surface area contributed by atoms with Gasteiger partial charge in [-0.2, -0.15) is 0 Å².